The van der Waals surface area contributed by atoms with Crippen molar-refractivity contribution in [3.8, 4) is 0 Å². The average Bonchev–Trinajstić information content (AvgIpc) is 2.60. The molecule has 0 aromatic rings. The standard InChI is InChI=1S/C19H34BNO4/c1-21(12-14-5-2-3-8-18(14)20(24)25)15-9-10-16-13(11-15)6-4-7-17(16)19(22)23/h13-18,24-25H,2-12H2,1H3,(H,22,23). The molecule has 3 aliphatic carbocycles. The van der Waals surface area contributed by atoms with Gasteiger partial charge in [0.25, 0.3) is 0 Å². The first-order chi connectivity index (χ1) is 12.0. The average molecular weight is 351 g/mol. The Balaban J connectivity index is 1.57. The van der Waals surface area contributed by atoms with Crippen LogP contribution in [0.1, 0.15) is 64.2 Å². The van der Waals surface area contributed by atoms with Crippen molar-refractivity contribution in [1.29, 1.82) is 0 Å². The van der Waals surface area contributed by atoms with Gasteiger partial charge in [0.05, 0.1) is 5.92 Å². The summed E-state index contributed by atoms with van der Waals surface area (Å²) in [5.41, 5.74) is 0. The van der Waals surface area contributed by atoms with Crippen LogP contribution >= 0.6 is 0 Å². The van der Waals surface area contributed by atoms with Gasteiger partial charge in [0.2, 0.25) is 0 Å². The van der Waals surface area contributed by atoms with Crippen molar-refractivity contribution in [2.75, 3.05) is 13.6 Å². The second-order valence-corrected chi connectivity index (χ2v) is 8.83. The molecule has 6 heteroatoms. The predicted octanol–water partition coefficient (Wildman–Crippen LogP) is 2.62. The number of aliphatic carboxylic acids is 1. The second kappa shape index (κ2) is 8.40. The number of rotatable bonds is 5. The molecule has 0 heterocycles. The van der Waals surface area contributed by atoms with Crippen LogP contribution in [-0.4, -0.2) is 52.8 Å². The molecule has 0 radical (unpaired) electrons. The summed E-state index contributed by atoms with van der Waals surface area (Å²) in [6.45, 7) is 0.937. The molecule has 0 aromatic carbocycles. The fraction of sp³-hybridized carbons (Fsp3) is 0.947. The normalized spacial score (nSPS) is 39.0. The maximum Gasteiger partial charge on any atom is 0.455 e. The highest BCUT2D eigenvalue weighted by atomic mass is 16.4. The van der Waals surface area contributed by atoms with E-state index in [9.17, 15) is 19.9 Å². The molecule has 6 unspecified atom stereocenters. The lowest BCUT2D eigenvalue weighted by atomic mass is 9.59. The molecule has 142 valence electrons. The van der Waals surface area contributed by atoms with E-state index in [4.69, 9.17) is 0 Å². The van der Waals surface area contributed by atoms with E-state index in [-0.39, 0.29) is 11.7 Å². The minimum atomic E-state index is -1.19. The monoisotopic (exact) mass is 351 g/mol. The number of carboxylic acid groups (broad SMARTS) is 1. The summed E-state index contributed by atoms with van der Waals surface area (Å²) in [6.07, 6.45) is 10.6. The van der Waals surface area contributed by atoms with E-state index < -0.39 is 13.1 Å². The highest BCUT2D eigenvalue weighted by Crippen LogP contribution is 2.45. The fourth-order valence-electron chi connectivity index (χ4n) is 6.02. The largest absolute Gasteiger partial charge is 0.481 e. The van der Waals surface area contributed by atoms with E-state index in [1.54, 1.807) is 0 Å². The Labute approximate surface area is 151 Å². The van der Waals surface area contributed by atoms with Crippen molar-refractivity contribution in [2.45, 2.75) is 76.1 Å². The highest BCUT2D eigenvalue weighted by molar-refractivity contribution is 6.43. The molecule has 3 fully saturated rings. The van der Waals surface area contributed by atoms with Crippen molar-refractivity contribution in [3.05, 3.63) is 0 Å². The van der Waals surface area contributed by atoms with Gasteiger partial charge < -0.3 is 20.1 Å². The third-order valence-corrected chi connectivity index (χ3v) is 7.43. The van der Waals surface area contributed by atoms with Gasteiger partial charge in [0.15, 0.2) is 0 Å². The molecule has 0 aliphatic heterocycles. The van der Waals surface area contributed by atoms with E-state index in [2.05, 4.69) is 11.9 Å². The highest BCUT2D eigenvalue weighted by Gasteiger charge is 2.42. The van der Waals surface area contributed by atoms with Crippen LogP contribution < -0.4 is 0 Å². The molecule has 0 spiro atoms. The quantitative estimate of drug-likeness (QED) is 0.664. The van der Waals surface area contributed by atoms with Gasteiger partial charge in [0, 0.05) is 12.6 Å². The number of carbonyl (C=O) groups is 1. The Morgan fingerprint density at radius 2 is 1.80 bits per heavy atom. The molecule has 6 atom stereocenters. The molecule has 5 nitrogen and oxygen atoms in total. The van der Waals surface area contributed by atoms with Crippen LogP contribution in [0.5, 0.6) is 0 Å². The maximum absolute atomic E-state index is 11.5. The SMILES string of the molecule is CN(CC1CCCCC1B(O)O)C1CCC2C(CCCC2C(=O)O)C1. The van der Waals surface area contributed by atoms with Crippen molar-refractivity contribution < 1.29 is 19.9 Å². The summed E-state index contributed by atoms with van der Waals surface area (Å²) in [4.78, 5) is 14.0. The third-order valence-electron chi connectivity index (χ3n) is 7.43. The lowest BCUT2D eigenvalue weighted by Gasteiger charge is -2.46. The van der Waals surface area contributed by atoms with Crippen LogP contribution in [0.3, 0.4) is 0 Å². The van der Waals surface area contributed by atoms with Gasteiger partial charge in [-0.15, -0.1) is 0 Å². The van der Waals surface area contributed by atoms with Gasteiger partial charge in [0.1, 0.15) is 0 Å². The minimum absolute atomic E-state index is 0.0126. The molecule has 3 N–H and O–H groups in total. The molecule has 25 heavy (non-hydrogen) atoms. The maximum atomic E-state index is 11.5. The molecule has 3 aliphatic rings. The zero-order chi connectivity index (χ0) is 18.0. The molecular formula is C19H34BNO4. The molecule has 0 amide bonds. The topological polar surface area (TPSA) is 81.0 Å². The lowest BCUT2D eigenvalue weighted by molar-refractivity contribution is -0.147. The van der Waals surface area contributed by atoms with E-state index in [1.807, 2.05) is 0 Å². The zero-order valence-corrected chi connectivity index (χ0v) is 15.5. The first kappa shape index (κ1) is 19.2. The van der Waals surface area contributed by atoms with E-state index in [1.165, 1.54) is 12.8 Å². The van der Waals surface area contributed by atoms with E-state index in [0.29, 0.717) is 23.8 Å². The van der Waals surface area contributed by atoms with Crippen LogP contribution in [0.25, 0.3) is 0 Å². The number of nitrogens with zero attached hydrogens (tertiary/aromatic N) is 1. The van der Waals surface area contributed by atoms with Gasteiger partial charge in [-0.3, -0.25) is 4.79 Å². The van der Waals surface area contributed by atoms with Gasteiger partial charge in [-0.25, -0.2) is 0 Å². The zero-order valence-electron chi connectivity index (χ0n) is 15.5. The number of fused-ring (bicyclic) bond motifs is 1. The number of hydrogen-bond acceptors (Lipinski definition) is 4. The van der Waals surface area contributed by atoms with Crippen LogP contribution in [0, 0.1) is 23.7 Å². The van der Waals surface area contributed by atoms with E-state index >= 15 is 0 Å². The molecule has 0 bridgehead atoms. The Morgan fingerprint density at radius 1 is 1.04 bits per heavy atom. The lowest BCUT2D eigenvalue weighted by Crippen LogP contribution is -2.46. The Kier molecular flexibility index (Phi) is 6.45. The minimum Gasteiger partial charge on any atom is -0.481 e. The van der Waals surface area contributed by atoms with Crippen LogP contribution in [-0.2, 0) is 4.79 Å². The van der Waals surface area contributed by atoms with Gasteiger partial charge in [-0.1, -0.05) is 32.1 Å². The van der Waals surface area contributed by atoms with Crippen molar-refractivity contribution in [1.82, 2.24) is 4.90 Å². The molecule has 3 rings (SSSR count). The third kappa shape index (κ3) is 4.40. The van der Waals surface area contributed by atoms with Crippen molar-refractivity contribution >= 4 is 13.1 Å². The van der Waals surface area contributed by atoms with Crippen LogP contribution in [0.15, 0.2) is 0 Å². The van der Waals surface area contributed by atoms with Gasteiger partial charge >= 0.3 is 13.1 Å². The summed E-state index contributed by atoms with van der Waals surface area (Å²) < 4.78 is 0. The van der Waals surface area contributed by atoms with Crippen molar-refractivity contribution in [2.24, 2.45) is 23.7 Å². The summed E-state index contributed by atoms with van der Waals surface area (Å²) in [6, 6.07) is 0.521. The summed E-state index contributed by atoms with van der Waals surface area (Å²) in [7, 11) is 0.988. The van der Waals surface area contributed by atoms with E-state index in [0.717, 1.165) is 57.9 Å². The summed E-state index contributed by atoms with van der Waals surface area (Å²) in [5.74, 6) is 0.591. The summed E-state index contributed by atoms with van der Waals surface area (Å²) >= 11 is 0. The smallest absolute Gasteiger partial charge is 0.455 e. The van der Waals surface area contributed by atoms with Crippen molar-refractivity contribution in [3.63, 3.8) is 0 Å². The van der Waals surface area contributed by atoms with Crippen LogP contribution in [0.2, 0.25) is 5.82 Å². The second-order valence-electron chi connectivity index (χ2n) is 8.83. The number of hydrogen-bond donors (Lipinski definition) is 3. The Hall–Kier alpha value is -0.585. The Morgan fingerprint density at radius 3 is 2.52 bits per heavy atom. The first-order valence-electron chi connectivity index (χ1n) is 10.3. The van der Waals surface area contributed by atoms with Crippen LogP contribution in [0.4, 0.5) is 0 Å². The predicted molar refractivity (Wildman–Crippen MR) is 98.1 cm³/mol. The molecule has 3 saturated carbocycles. The molecular weight excluding hydrogens is 317 g/mol. The van der Waals surface area contributed by atoms with Gasteiger partial charge in [-0.2, -0.15) is 0 Å². The number of carboxylic acids is 1. The Bertz CT molecular complexity index is 461. The molecule has 0 aromatic heterocycles. The van der Waals surface area contributed by atoms with Gasteiger partial charge in [-0.05, 0) is 62.7 Å². The molecule has 0 saturated heterocycles. The fourth-order valence-corrected chi connectivity index (χ4v) is 6.02. The first-order valence-corrected chi connectivity index (χ1v) is 10.3. The summed E-state index contributed by atoms with van der Waals surface area (Å²) in [5, 5.41) is 28.9.